The smallest absolute Gasteiger partial charge is 0.338 e. The van der Waals surface area contributed by atoms with Gasteiger partial charge in [0.2, 0.25) is 0 Å². The molecule has 0 heterocycles. The van der Waals surface area contributed by atoms with E-state index in [2.05, 4.69) is 19.1 Å². The van der Waals surface area contributed by atoms with E-state index < -0.39 is 0 Å². The molecule has 3 rings (SSSR count). The number of hydrogen-bond acceptors (Lipinski definition) is 3. The molecule has 0 saturated carbocycles. The topological polar surface area (TPSA) is 35.5 Å². The lowest BCUT2D eigenvalue weighted by molar-refractivity contribution is 0.0288. The van der Waals surface area contributed by atoms with Crippen molar-refractivity contribution >= 4 is 5.97 Å². The Morgan fingerprint density at radius 2 is 1.33 bits per heavy atom. The van der Waals surface area contributed by atoms with Gasteiger partial charge >= 0.3 is 5.97 Å². The van der Waals surface area contributed by atoms with Gasteiger partial charge in [-0.05, 0) is 53.8 Å². The van der Waals surface area contributed by atoms with Crippen LogP contribution < -0.4 is 4.74 Å². The Hall–Kier alpha value is -3.07. The van der Waals surface area contributed by atoms with Gasteiger partial charge in [-0.1, -0.05) is 101 Å². The summed E-state index contributed by atoms with van der Waals surface area (Å²) in [5.41, 5.74) is 3.73. The van der Waals surface area contributed by atoms with Gasteiger partial charge in [0.1, 0.15) is 11.9 Å². The summed E-state index contributed by atoms with van der Waals surface area (Å²) in [6.45, 7) is 5.03. The van der Waals surface area contributed by atoms with Crippen LogP contribution in [0.15, 0.2) is 78.9 Å². The molecule has 0 aliphatic heterocycles. The molecule has 174 valence electrons. The van der Waals surface area contributed by atoms with E-state index in [0.29, 0.717) is 5.56 Å². The Kier molecular flexibility index (Phi) is 10.0. The molecular formula is C30H36O3. The summed E-state index contributed by atoms with van der Waals surface area (Å²) in [6, 6.07) is 25.6. The Morgan fingerprint density at radius 3 is 1.97 bits per heavy atom. The highest BCUT2D eigenvalue weighted by atomic mass is 16.5. The minimum absolute atomic E-state index is 0.234. The minimum Gasteiger partial charge on any atom is -0.494 e. The highest BCUT2D eigenvalue weighted by molar-refractivity contribution is 5.90. The molecule has 33 heavy (non-hydrogen) atoms. The van der Waals surface area contributed by atoms with E-state index in [1.165, 1.54) is 32.1 Å². The first kappa shape index (κ1) is 24.6. The van der Waals surface area contributed by atoms with Crippen LogP contribution in [0.2, 0.25) is 0 Å². The number of hydrogen-bond donors (Lipinski definition) is 0. The number of benzene rings is 3. The van der Waals surface area contributed by atoms with Gasteiger partial charge in [-0.15, -0.1) is 0 Å². The first-order valence-corrected chi connectivity index (χ1v) is 12.3. The maximum Gasteiger partial charge on any atom is 0.338 e. The van der Waals surface area contributed by atoms with Crippen molar-refractivity contribution in [1.82, 2.24) is 0 Å². The molecule has 0 spiro atoms. The Bertz CT molecular complexity index is 946. The highest BCUT2D eigenvalue weighted by Gasteiger charge is 2.16. The van der Waals surface area contributed by atoms with Crippen molar-refractivity contribution in [3.8, 4) is 16.9 Å². The average molecular weight is 445 g/mol. The number of ether oxygens (including phenoxy) is 2. The van der Waals surface area contributed by atoms with E-state index in [1.54, 1.807) is 0 Å². The van der Waals surface area contributed by atoms with Gasteiger partial charge < -0.3 is 9.47 Å². The van der Waals surface area contributed by atoms with Gasteiger partial charge in [0.05, 0.1) is 12.2 Å². The molecule has 3 heteroatoms. The number of carbonyl (C=O) groups is 1. The Morgan fingerprint density at radius 1 is 0.727 bits per heavy atom. The normalized spacial score (nSPS) is 11.7. The van der Waals surface area contributed by atoms with Crippen molar-refractivity contribution in [3.63, 3.8) is 0 Å². The van der Waals surface area contributed by atoms with Crippen molar-refractivity contribution in [1.29, 1.82) is 0 Å². The van der Waals surface area contributed by atoms with Gasteiger partial charge in [0.25, 0.3) is 0 Å². The quantitative estimate of drug-likeness (QED) is 0.196. The van der Waals surface area contributed by atoms with Crippen LogP contribution in [0, 0.1) is 0 Å². The van der Waals surface area contributed by atoms with Crippen LogP contribution in [0.5, 0.6) is 5.75 Å². The molecule has 3 aromatic carbocycles. The molecular weight excluding hydrogens is 408 g/mol. The summed E-state index contributed by atoms with van der Waals surface area (Å²) in [5, 5.41) is 0. The summed E-state index contributed by atoms with van der Waals surface area (Å²) in [4.78, 5) is 12.6. The van der Waals surface area contributed by atoms with Crippen molar-refractivity contribution in [3.05, 3.63) is 90.0 Å². The van der Waals surface area contributed by atoms with E-state index in [9.17, 15) is 4.79 Å². The third-order valence-corrected chi connectivity index (χ3v) is 5.87. The van der Waals surface area contributed by atoms with Gasteiger partial charge in [-0.3, -0.25) is 0 Å². The van der Waals surface area contributed by atoms with Crippen LogP contribution in [-0.2, 0) is 4.74 Å². The van der Waals surface area contributed by atoms with Crippen LogP contribution in [0.4, 0.5) is 0 Å². The lowest BCUT2D eigenvalue weighted by atomic mass is 10.0. The zero-order valence-electron chi connectivity index (χ0n) is 20.0. The largest absolute Gasteiger partial charge is 0.494 e. The summed E-state index contributed by atoms with van der Waals surface area (Å²) < 4.78 is 11.6. The Labute approximate surface area is 198 Å². The van der Waals surface area contributed by atoms with Crippen LogP contribution in [0.25, 0.3) is 11.1 Å². The third kappa shape index (κ3) is 7.78. The fraction of sp³-hybridized carbons (Fsp3) is 0.367. The zero-order chi connectivity index (χ0) is 23.3. The highest BCUT2D eigenvalue weighted by Crippen LogP contribution is 2.25. The summed E-state index contributed by atoms with van der Waals surface area (Å²) in [7, 11) is 0. The zero-order valence-corrected chi connectivity index (χ0v) is 20.0. The van der Waals surface area contributed by atoms with E-state index in [-0.39, 0.29) is 12.1 Å². The summed E-state index contributed by atoms with van der Waals surface area (Å²) >= 11 is 0. The van der Waals surface area contributed by atoms with Gasteiger partial charge in [-0.25, -0.2) is 4.79 Å². The van der Waals surface area contributed by atoms with Crippen LogP contribution >= 0.6 is 0 Å². The molecule has 1 atom stereocenters. The molecule has 3 nitrogen and oxygen atoms in total. The lowest BCUT2D eigenvalue weighted by Gasteiger charge is -2.16. The molecule has 3 aromatic rings. The number of carbonyl (C=O) groups excluding carboxylic acids is 1. The Balaban J connectivity index is 1.50. The molecule has 0 radical (unpaired) electrons. The van der Waals surface area contributed by atoms with Crippen molar-refractivity contribution in [2.24, 2.45) is 0 Å². The molecule has 0 bridgehead atoms. The van der Waals surface area contributed by atoms with E-state index in [1.807, 2.05) is 73.7 Å². The van der Waals surface area contributed by atoms with Crippen molar-refractivity contribution < 1.29 is 14.3 Å². The first-order valence-electron chi connectivity index (χ1n) is 12.3. The fourth-order valence-corrected chi connectivity index (χ4v) is 3.87. The summed E-state index contributed by atoms with van der Waals surface area (Å²) in [6.07, 6.45) is 8.08. The van der Waals surface area contributed by atoms with E-state index in [4.69, 9.17) is 9.47 Å². The SMILES string of the molecule is CCCCCCCCOc1ccc(-c2ccc(C(=O)O[C@H](CC)c3ccccc3)cc2)cc1. The predicted molar refractivity (Wildman–Crippen MR) is 136 cm³/mol. The molecule has 0 unspecified atom stereocenters. The molecule has 0 saturated heterocycles. The van der Waals surface area contributed by atoms with Gasteiger partial charge in [0.15, 0.2) is 0 Å². The molecule has 0 aromatic heterocycles. The van der Waals surface area contributed by atoms with Crippen LogP contribution in [-0.4, -0.2) is 12.6 Å². The first-order chi connectivity index (χ1) is 16.2. The van der Waals surface area contributed by atoms with Crippen molar-refractivity contribution in [2.45, 2.75) is 64.9 Å². The molecule has 0 N–H and O–H groups in total. The fourth-order valence-electron chi connectivity index (χ4n) is 3.87. The maximum absolute atomic E-state index is 12.6. The molecule has 0 amide bonds. The average Bonchev–Trinajstić information content (AvgIpc) is 2.87. The molecule has 0 aliphatic carbocycles. The third-order valence-electron chi connectivity index (χ3n) is 5.87. The van der Waals surface area contributed by atoms with Crippen molar-refractivity contribution in [2.75, 3.05) is 6.61 Å². The monoisotopic (exact) mass is 444 g/mol. The van der Waals surface area contributed by atoms with E-state index >= 15 is 0 Å². The number of esters is 1. The van der Waals surface area contributed by atoms with Crippen LogP contribution in [0.3, 0.4) is 0 Å². The second-order valence-electron chi connectivity index (χ2n) is 8.43. The number of unbranched alkanes of at least 4 members (excludes halogenated alkanes) is 5. The molecule has 0 aliphatic rings. The second kappa shape index (κ2) is 13.5. The predicted octanol–water partition coefficient (Wildman–Crippen LogP) is 8.40. The van der Waals surface area contributed by atoms with E-state index in [0.717, 1.165) is 41.9 Å². The molecule has 0 fully saturated rings. The lowest BCUT2D eigenvalue weighted by Crippen LogP contribution is -2.11. The minimum atomic E-state index is -0.296. The second-order valence-corrected chi connectivity index (χ2v) is 8.43. The van der Waals surface area contributed by atoms with Crippen LogP contribution in [0.1, 0.15) is 80.8 Å². The summed E-state index contributed by atoms with van der Waals surface area (Å²) in [5.74, 6) is 0.606. The number of rotatable bonds is 13. The van der Waals surface area contributed by atoms with Gasteiger partial charge in [-0.2, -0.15) is 0 Å². The van der Waals surface area contributed by atoms with Gasteiger partial charge in [0, 0.05) is 0 Å². The maximum atomic E-state index is 12.6. The standard InChI is InChI=1S/C30H36O3/c1-3-5-6-7-8-12-23-32-28-21-19-25(20-22-28)24-15-17-27(18-16-24)30(31)33-29(4-2)26-13-10-9-11-14-26/h9-11,13-22,29H,3-8,12,23H2,1-2H3/t29-/m1/s1.